The Hall–Kier alpha value is -3.03. The lowest BCUT2D eigenvalue weighted by atomic mass is 10.2. The summed E-state index contributed by atoms with van der Waals surface area (Å²) in [6.45, 7) is 3.68. The molecule has 1 aliphatic rings. The van der Waals surface area contributed by atoms with Gasteiger partial charge >= 0.3 is 0 Å². The van der Waals surface area contributed by atoms with Crippen LogP contribution in [-0.4, -0.2) is 58.1 Å². The molecule has 2 heterocycles. The average molecular weight is 377 g/mol. The van der Waals surface area contributed by atoms with Crippen LogP contribution in [0.4, 0.5) is 0 Å². The third-order valence-electron chi connectivity index (χ3n) is 4.67. The van der Waals surface area contributed by atoms with Crippen molar-refractivity contribution in [3.05, 3.63) is 78.1 Å². The second-order valence-corrected chi connectivity index (χ2v) is 6.78. The Morgan fingerprint density at radius 3 is 2.64 bits per heavy atom. The number of aromatic nitrogens is 3. The number of ether oxygens (including phenoxy) is 1. The summed E-state index contributed by atoms with van der Waals surface area (Å²) in [6, 6.07) is 19.9. The van der Waals surface area contributed by atoms with Crippen molar-refractivity contribution in [2.24, 2.45) is 0 Å². The number of para-hydroxylation sites is 1. The van der Waals surface area contributed by atoms with Crippen molar-refractivity contribution in [2.45, 2.75) is 12.6 Å². The van der Waals surface area contributed by atoms with Gasteiger partial charge in [0.05, 0.1) is 24.6 Å². The minimum atomic E-state index is -0.244. The zero-order valence-corrected chi connectivity index (χ0v) is 15.6. The van der Waals surface area contributed by atoms with Gasteiger partial charge in [-0.15, -0.1) is 5.10 Å². The second-order valence-electron chi connectivity index (χ2n) is 6.78. The van der Waals surface area contributed by atoms with E-state index in [1.165, 1.54) is 16.6 Å². The zero-order chi connectivity index (χ0) is 19.2. The number of carbonyl (C=O) groups excluding carboxylic acids is 1. The molecule has 1 amide bonds. The third-order valence-corrected chi connectivity index (χ3v) is 4.67. The smallest absolute Gasteiger partial charge is 0.273 e. The summed E-state index contributed by atoms with van der Waals surface area (Å²) in [6.07, 6.45) is 1.44. The number of hydrogen-bond acceptors (Lipinski definition) is 5. The van der Waals surface area contributed by atoms with Crippen molar-refractivity contribution in [3.63, 3.8) is 0 Å². The Balaban J connectivity index is 1.29. The second kappa shape index (κ2) is 8.77. The van der Waals surface area contributed by atoms with Crippen LogP contribution in [0.15, 0.2) is 66.9 Å². The molecule has 1 unspecified atom stereocenters. The predicted molar refractivity (Wildman–Crippen MR) is 105 cm³/mol. The van der Waals surface area contributed by atoms with Crippen LogP contribution in [0.2, 0.25) is 0 Å². The van der Waals surface area contributed by atoms with Gasteiger partial charge in [0.1, 0.15) is 0 Å². The van der Waals surface area contributed by atoms with Crippen LogP contribution >= 0.6 is 0 Å². The van der Waals surface area contributed by atoms with E-state index in [9.17, 15) is 4.79 Å². The van der Waals surface area contributed by atoms with Crippen molar-refractivity contribution < 1.29 is 9.53 Å². The highest BCUT2D eigenvalue weighted by molar-refractivity contribution is 5.91. The van der Waals surface area contributed by atoms with Gasteiger partial charge in [0.15, 0.2) is 5.69 Å². The highest BCUT2D eigenvalue weighted by Crippen LogP contribution is 2.10. The summed E-state index contributed by atoms with van der Waals surface area (Å²) < 4.78 is 5.81. The molecule has 1 fully saturated rings. The molecule has 1 aliphatic heterocycles. The minimum Gasteiger partial charge on any atom is -0.374 e. The number of morpholine rings is 1. The van der Waals surface area contributed by atoms with Crippen molar-refractivity contribution in [2.75, 3.05) is 26.2 Å². The van der Waals surface area contributed by atoms with Gasteiger partial charge in [-0.05, 0) is 17.7 Å². The fourth-order valence-electron chi connectivity index (χ4n) is 3.24. The molecule has 0 bridgehead atoms. The van der Waals surface area contributed by atoms with Crippen LogP contribution in [0.5, 0.6) is 0 Å². The summed E-state index contributed by atoms with van der Waals surface area (Å²) in [7, 11) is 0. The number of rotatable bonds is 6. The number of benzene rings is 2. The third kappa shape index (κ3) is 4.62. The molecule has 144 valence electrons. The predicted octanol–water partition coefficient (Wildman–Crippen LogP) is 1.90. The Labute approximate surface area is 163 Å². The molecule has 1 saturated heterocycles. The van der Waals surface area contributed by atoms with E-state index in [-0.39, 0.29) is 12.0 Å². The monoisotopic (exact) mass is 377 g/mol. The normalized spacial score (nSPS) is 17.4. The van der Waals surface area contributed by atoms with E-state index < -0.39 is 0 Å². The van der Waals surface area contributed by atoms with Gasteiger partial charge in [0.2, 0.25) is 0 Å². The van der Waals surface area contributed by atoms with Crippen molar-refractivity contribution >= 4 is 5.91 Å². The van der Waals surface area contributed by atoms with Crippen LogP contribution in [0.3, 0.4) is 0 Å². The first kappa shape index (κ1) is 18.3. The lowest BCUT2D eigenvalue weighted by molar-refractivity contribution is -0.0292. The Kier molecular flexibility index (Phi) is 5.75. The molecule has 7 heteroatoms. The molecular weight excluding hydrogens is 354 g/mol. The highest BCUT2D eigenvalue weighted by atomic mass is 16.5. The molecule has 28 heavy (non-hydrogen) atoms. The molecule has 1 aromatic heterocycles. The van der Waals surface area contributed by atoms with Gasteiger partial charge in [-0.3, -0.25) is 9.69 Å². The van der Waals surface area contributed by atoms with Crippen LogP contribution in [0.25, 0.3) is 5.69 Å². The first-order chi connectivity index (χ1) is 13.8. The van der Waals surface area contributed by atoms with E-state index in [4.69, 9.17) is 4.74 Å². The molecule has 0 saturated carbocycles. The van der Waals surface area contributed by atoms with Crippen LogP contribution in [0.1, 0.15) is 16.1 Å². The average Bonchev–Trinajstić information content (AvgIpc) is 3.24. The first-order valence-electron chi connectivity index (χ1n) is 9.42. The van der Waals surface area contributed by atoms with Crippen molar-refractivity contribution in [1.29, 1.82) is 0 Å². The maximum atomic E-state index is 12.4. The SMILES string of the molecule is O=C(NCC1CN(Cc2ccccc2)CCO1)c1cnn(-c2ccccc2)n1. The van der Waals surface area contributed by atoms with Gasteiger partial charge in [-0.2, -0.15) is 9.90 Å². The van der Waals surface area contributed by atoms with Gasteiger partial charge in [-0.1, -0.05) is 48.5 Å². The Morgan fingerprint density at radius 2 is 1.86 bits per heavy atom. The van der Waals surface area contributed by atoms with Crippen LogP contribution < -0.4 is 5.32 Å². The number of nitrogens with one attached hydrogen (secondary N) is 1. The van der Waals surface area contributed by atoms with E-state index in [0.29, 0.717) is 18.8 Å². The van der Waals surface area contributed by atoms with Gasteiger partial charge in [0, 0.05) is 26.2 Å². The Morgan fingerprint density at radius 1 is 1.11 bits per heavy atom. The molecule has 0 aliphatic carbocycles. The topological polar surface area (TPSA) is 72.3 Å². The minimum absolute atomic E-state index is 0.0365. The number of nitrogens with zero attached hydrogens (tertiary/aromatic N) is 4. The molecule has 3 aromatic rings. The number of amides is 1. The van der Waals surface area contributed by atoms with Gasteiger partial charge < -0.3 is 10.1 Å². The lowest BCUT2D eigenvalue weighted by Gasteiger charge is -2.33. The molecule has 1 atom stereocenters. The van der Waals surface area contributed by atoms with Gasteiger partial charge in [0.25, 0.3) is 5.91 Å². The molecule has 7 nitrogen and oxygen atoms in total. The summed E-state index contributed by atoms with van der Waals surface area (Å²) >= 11 is 0. The van der Waals surface area contributed by atoms with E-state index >= 15 is 0 Å². The van der Waals surface area contributed by atoms with E-state index in [1.54, 1.807) is 0 Å². The first-order valence-corrected chi connectivity index (χ1v) is 9.42. The number of hydrogen-bond donors (Lipinski definition) is 1. The zero-order valence-electron chi connectivity index (χ0n) is 15.6. The highest BCUT2D eigenvalue weighted by Gasteiger charge is 2.22. The van der Waals surface area contributed by atoms with Crippen molar-refractivity contribution in [3.8, 4) is 5.69 Å². The fourth-order valence-corrected chi connectivity index (χ4v) is 3.24. The summed E-state index contributed by atoms with van der Waals surface area (Å²) in [4.78, 5) is 16.2. The molecule has 2 aromatic carbocycles. The Bertz CT molecular complexity index is 897. The summed E-state index contributed by atoms with van der Waals surface area (Å²) in [5.41, 5.74) is 2.39. The molecule has 4 rings (SSSR count). The summed E-state index contributed by atoms with van der Waals surface area (Å²) in [5.74, 6) is -0.244. The van der Waals surface area contributed by atoms with Crippen LogP contribution in [0, 0.1) is 0 Å². The maximum absolute atomic E-state index is 12.4. The molecule has 0 spiro atoms. The lowest BCUT2D eigenvalue weighted by Crippen LogP contribution is -2.47. The standard InChI is InChI=1S/C21H23N5O2/c27-21(20-14-23-26(24-20)18-9-5-2-6-10-18)22-13-19-16-25(11-12-28-19)15-17-7-3-1-4-8-17/h1-10,14,19H,11-13,15-16H2,(H,22,27). The number of carbonyl (C=O) groups is 1. The summed E-state index contributed by atoms with van der Waals surface area (Å²) in [5, 5.41) is 11.3. The molecule has 1 N–H and O–H groups in total. The van der Waals surface area contributed by atoms with E-state index in [2.05, 4.69) is 44.7 Å². The van der Waals surface area contributed by atoms with Crippen molar-refractivity contribution in [1.82, 2.24) is 25.2 Å². The van der Waals surface area contributed by atoms with Crippen LogP contribution in [-0.2, 0) is 11.3 Å². The van der Waals surface area contributed by atoms with Gasteiger partial charge in [-0.25, -0.2) is 0 Å². The molecular formula is C21H23N5O2. The largest absolute Gasteiger partial charge is 0.374 e. The molecule has 0 radical (unpaired) electrons. The quantitative estimate of drug-likeness (QED) is 0.710. The van der Waals surface area contributed by atoms with E-state index in [1.807, 2.05) is 36.4 Å². The fraction of sp³-hybridized carbons (Fsp3) is 0.286. The maximum Gasteiger partial charge on any atom is 0.273 e. The van der Waals surface area contributed by atoms with E-state index in [0.717, 1.165) is 25.3 Å².